The highest BCUT2D eigenvalue weighted by Crippen LogP contribution is 2.12. The molecule has 0 fully saturated rings. The Balaban J connectivity index is 3.24. The molecule has 0 aromatic rings. The van der Waals surface area contributed by atoms with Crippen molar-refractivity contribution in [1.29, 1.82) is 0 Å². The van der Waals surface area contributed by atoms with Crippen LogP contribution < -0.4 is 5.73 Å². The lowest BCUT2D eigenvalue weighted by atomic mass is 10.4. The lowest BCUT2D eigenvalue weighted by Crippen LogP contribution is -2.21. The second-order valence-electron chi connectivity index (χ2n) is 1.49. The van der Waals surface area contributed by atoms with Crippen LogP contribution in [0, 0.1) is 0 Å². The van der Waals surface area contributed by atoms with Crippen LogP contribution in [0.15, 0.2) is 0 Å². The summed E-state index contributed by atoms with van der Waals surface area (Å²) < 4.78 is 9.94. The third-order valence-corrected chi connectivity index (χ3v) is 1.50. The first-order chi connectivity index (χ1) is 3.66. The van der Waals surface area contributed by atoms with E-state index in [0.29, 0.717) is 0 Å². The summed E-state index contributed by atoms with van der Waals surface area (Å²) in [5.74, 6) is 0. The van der Waals surface area contributed by atoms with E-state index in [4.69, 9.17) is 15.7 Å². The van der Waals surface area contributed by atoms with Crippen molar-refractivity contribution in [3.63, 3.8) is 0 Å². The second-order valence-corrected chi connectivity index (χ2v) is 2.68. The fraction of sp³-hybridized carbons (Fsp3) is 1.00. The molecule has 8 heavy (non-hydrogen) atoms. The number of rotatable bonds is 3. The summed E-state index contributed by atoms with van der Waals surface area (Å²) in [6, 6.07) is 0. The molecule has 0 aliphatic carbocycles. The highest BCUT2D eigenvalue weighted by atomic mass is 31.1. The molecule has 0 radical (unpaired) electrons. The maximum atomic E-state index is 9.94. The van der Waals surface area contributed by atoms with E-state index in [9.17, 15) is 4.57 Å². The van der Waals surface area contributed by atoms with Crippen LogP contribution in [0.5, 0.6) is 0 Å². The molecule has 4 N–H and O–H groups in total. The molecular weight excluding hydrogens is 129 g/mol. The Bertz CT molecular complexity index is 86.6. The number of hydrogen-bond donors (Lipinski definition) is 3. The highest BCUT2D eigenvalue weighted by Gasteiger charge is 2.02. The third kappa shape index (κ3) is 4.27. The molecule has 0 saturated carbocycles. The van der Waals surface area contributed by atoms with Crippen molar-refractivity contribution in [1.82, 2.24) is 0 Å². The quantitative estimate of drug-likeness (QED) is 0.427. The molecule has 2 atom stereocenters. The largest absolute Gasteiger partial charge is 0.391 e. The maximum absolute atomic E-state index is 9.94. The normalized spacial score (nSPS) is 17.9. The van der Waals surface area contributed by atoms with Crippen molar-refractivity contribution in [2.24, 2.45) is 5.73 Å². The molecule has 0 aliphatic rings. The van der Waals surface area contributed by atoms with Gasteiger partial charge in [-0.2, -0.15) is 0 Å². The Morgan fingerprint density at radius 1 is 1.75 bits per heavy atom. The van der Waals surface area contributed by atoms with Crippen LogP contribution in [-0.4, -0.2) is 28.8 Å². The average Bonchev–Trinajstić information content (AvgIpc) is 1.65. The van der Waals surface area contributed by atoms with E-state index in [-0.39, 0.29) is 12.7 Å². The number of nitrogens with two attached hydrogens (primary N) is 1. The van der Waals surface area contributed by atoms with Crippen molar-refractivity contribution in [3.8, 4) is 0 Å². The minimum absolute atomic E-state index is 0.0525. The highest BCUT2D eigenvalue weighted by molar-refractivity contribution is 7.38. The number of aliphatic hydroxyl groups is 1. The molecule has 0 aliphatic heterocycles. The van der Waals surface area contributed by atoms with Crippen LogP contribution in [0.4, 0.5) is 0 Å². The van der Waals surface area contributed by atoms with E-state index >= 15 is 0 Å². The van der Waals surface area contributed by atoms with Crippen LogP contribution in [0.2, 0.25) is 0 Å². The molecule has 0 aromatic heterocycles. The molecular formula is C3H10NO3P. The predicted octanol–water partition coefficient (Wildman–Crippen LogP) is -1.23. The first kappa shape index (κ1) is 8.11. The van der Waals surface area contributed by atoms with Gasteiger partial charge in [-0.25, -0.2) is 0 Å². The van der Waals surface area contributed by atoms with Gasteiger partial charge < -0.3 is 15.7 Å². The summed E-state index contributed by atoms with van der Waals surface area (Å²) in [7, 11) is -2.53. The molecule has 0 rings (SSSR count). The van der Waals surface area contributed by atoms with Gasteiger partial charge in [-0.15, -0.1) is 0 Å². The van der Waals surface area contributed by atoms with Gasteiger partial charge in [-0.1, -0.05) is 0 Å². The Kier molecular flexibility index (Phi) is 4.09. The summed E-state index contributed by atoms with van der Waals surface area (Å²) in [6.45, 7) is 0.0525. The van der Waals surface area contributed by atoms with Gasteiger partial charge in [0.25, 0.3) is 0 Å². The molecule has 0 aromatic carbocycles. The van der Waals surface area contributed by atoms with E-state index in [1.807, 2.05) is 0 Å². The molecule has 1 unspecified atom stereocenters. The molecule has 0 saturated heterocycles. The summed E-state index contributed by atoms with van der Waals surface area (Å²) in [5, 5.41) is 8.57. The van der Waals surface area contributed by atoms with Crippen molar-refractivity contribution in [2.45, 2.75) is 6.10 Å². The monoisotopic (exact) mass is 139 g/mol. The van der Waals surface area contributed by atoms with E-state index < -0.39 is 14.1 Å². The smallest absolute Gasteiger partial charge is 0.191 e. The zero-order valence-electron chi connectivity index (χ0n) is 4.37. The van der Waals surface area contributed by atoms with Gasteiger partial charge in [-0.3, -0.25) is 4.57 Å². The van der Waals surface area contributed by atoms with E-state index in [1.54, 1.807) is 0 Å². The minimum atomic E-state index is -2.53. The lowest BCUT2D eigenvalue weighted by molar-refractivity contribution is 0.204. The Morgan fingerprint density at radius 3 is 2.38 bits per heavy atom. The fourth-order valence-corrected chi connectivity index (χ4v) is 0.855. The number of hydrogen-bond acceptors (Lipinski definition) is 3. The Hall–Kier alpha value is 0.110. The molecule has 0 spiro atoms. The standard InChI is InChI=1S/C3H10NO3P/c4-1-3(5)2-8(6)7/h3,5,8H,1-2,4H2,(H,6,7)/t3-/m1/s1. The van der Waals surface area contributed by atoms with Gasteiger partial charge in [0.1, 0.15) is 0 Å². The van der Waals surface area contributed by atoms with Crippen LogP contribution in [-0.2, 0) is 4.57 Å². The van der Waals surface area contributed by atoms with Gasteiger partial charge in [0.05, 0.1) is 6.10 Å². The molecule has 0 bridgehead atoms. The zero-order valence-corrected chi connectivity index (χ0v) is 5.37. The topological polar surface area (TPSA) is 83.5 Å². The van der Waals surface area contributed by atoms with E-state index in [2.05, 4.69) is 0 Å². The minimum Gasteiger partial charge on any atom is -0.391 e. The fourth-order valence-electron chi connectivity index (χ4n) is 0.285. The van der Waals surface area contributed by atoms with Crippen LogP contribution >= 0.6 is 8.03 Å². The number of aliphatic hydroxyl groups excluding tert-OH is 1. The van der Waals surface area contributed by atoms with E-state index in [0.717, 1.165) is 0 Å². The van der Waals surface area contributed by atoms with Crippen molar-refractivity contribution >= 4 is 8.03 Å². The van der Waals surface area contributed by atoms with Crippen molar-refractivity contribution in [3.05, 3.63) is 0 Å². The SMILES string of the molecule is NC[C@@H](O)C[PH](=O)O. The van der Waals surface area contributed by atoms with Crippen LogP contribution in [0.3, 0.4) is 0 Å². The van der Waals surface area contributed by atoms with Gasteiger partial charge in [-0.05, 0) is 0 Å². The van der Waals surface area contributed by atoms with Crippen molar-refractivity contribution in [2.75, 3.05) is 12.7 Å². The van der Waals surface area contributed by atoms with Crippen LogP contribution in [0.1, 0.15) is 0 Å². The molecule has 4 nitrogen and oxygen atoms in total. The summed E-state index contributed by atoms with van der Waals surface area (Å²) in [6.07, 6.45) is -0.896. The summed E-state index contributed by atoms with van der Waals surface area (Å²) in [4.78, 5) is 8.18. The second kappa shape index (κ2) is 4.04. The van der Waals surface area contributed by atoms with Gasteiger partial charge in [0, 0.05) is 12.7 Å². The van der Waals surface area contributed by atoms with Gasteiger partial charge in [0.2, 0.25) is 0 Å². The Morgan fingerprint density at radius 2 is 2.25 bits per heavy atom. The first-order valence-corrected chi connectivity index (χ1v) is 3.83. The summed E-state index contributed by atoms with van der Waals surface area (Å²) in [5.41, 5.74) is 4.94. The summed E-state index contributed by atoms with van der Waals surface area (Å²) >= 11 is 0. The van der Waals surface area contributed by atoms with E-state index in [1.165, 1.54) is 0 Å². The lowest BCUT2D eigenvalue weighted by Gasteiger charge is -2.01. The maximum Gasteiger partial charge on any atom is 0.191 e. The zero-order chi connectivity index (χ0) is 6.57. The Labute approximate surface area is 48.2 Å². The van der Waals surface area contributed by atoms with Crippen LogP contribution in [0.25, 0.3) is 0 Å². The molecule has 5 heteroatoms. The van der Waals surface area contributed by atoms with Gasteiger partial charge >= 0.3 is 0 Å². The molecule has 0 heterocycles. The van der Waals surface area contributed by atoms with Gasteiger partial charge in [0.15, 0.2) is 8.03 Å². The van der Waals surface area contributed by atoms with Crippen molar-refractivity contribution < 1.29 is 14.6 Å². The predicted molar refractivity (Wildman–Crippen MR) is 31.1 cm³/mol. The average molecular weight is 139 g/mol. The molecule has 0 amide bonds. The first-order valence-electron chi connectivity index (χ1n) is 2.26. The third-order valence-electron chi connectivity index (χ3n) is 0.682. The molecule has 50 valence electrons.